The van der Waals surface area contributed by atoms with Gasteiger partial charge in [-0.2, -0.15) is 0 Å². The molecule has 0 saturated heterocycles. The molecular formula is C27H20O3. The van der Waals surface area contributed by atoms with Gasteiger partial charge in [-0.3, -0.25) is 0 Å². The van der Waals surface area contributed by atoms with E-state index >= 15 is 0 Å². The second-order valence-corrected chi connectivity index (χ2v) is 7.53. The van der Waals surface area contributed by atoms with E-state index in [1.165, 1.54) is 0 Å². The molecule has 0 amide bonds. The van der Waals surface area contributed by atoms with Crippen molar-refractivity contribution in [3.8, 4) is 11.5 Å². The van der Waals surface area contributed by atoms with Crippen LogP contribution in [0.5, 0.6) is 11.5 Å². The number of hydrogen-bond acceptors (Lipinski definition) is 3. The molecule has 0 saturated carbocycles. The van der Waals surface area contributed by atoms with Gasteiger partial charge in [0.2, 0.25) is 0 Å². The Hall–Kier alpha value is -3.85. The average molecular weight is 392 g/mol. The summed E-state index contributed by atoms with van der Waals surface area (Å²) in [4.78, 5) is 12.8. The van der Waals surface area contributed by atoms with Crippen molar-refractivity contribution < 1.29 is 14.3 Å². The van der Waals surface area contributed by atoms with Crippen LogP contribution >= 0.6 is 0 Å². The third kappa shape index (κ3) is 3.15. The molecule has 146 valence electrons. The number of rotatable bonds is 2. The Balaban J connectivity index is 1.60. The molecule has 0 bridgehead atoms. The van der Waals surface area contributed by atoms with Gasteiger partial charge in [-0.15, -0.1) is 0 Å². The number of benzene rings is 5. The highest BCUT2D eigenvalue weighted by atomic mass is 16.7. The zero-order valence-electron chi connectivity index (χ0n) is 16.8. The maximum absolute atomic E-state index is 12.8. The van der Waals surface area contributed by atoms with Crippen molar-refractivity contribution >= 4 is 38.5 Å². The maximum Gasteiger partial charge on any atom is 0.519 e. The first-order chi connectivity index (χ1) is 14.6. The number of ether oxygens (including phenoxy) is 2. The molecule has 5 aromatic rings. The van der Waals surface area contributed by atoms with Gasteiger partial charge in [-0.25, -0.2) is 4.79 Å². The molecule has 0 aromatic heterocycles. The predicted molar refractivity (Wildman–Crippen MR) is 122 cm³/mol. The summed E-state index contributed by atoms with van der Waals surface area (Å²) in [7, 11) is 0. The summed E-state index contributed by atoms with van der Waals surface area (Å²) in [6.45, 7) is 4.07. The van der Waals surface area contributed by atoms with Crippen LogP contribution in [0, 0.1) is 13.8 Å². The molecule has 0 N–H and O–H groups in total. The van der Waals surface area contributed by atoms with Crippen molar-refractivity contribution in [3.63, 3.8) is 0 Å². The second-order valence-electron chi connectivity index (χ2n) is 7.53. The number of carbonyl (C=O) groups excluding carboxylic acids is 1. The van der Waals surface area contributed by atoms with Gasteiger partial charge in [0.05, 0.1) is 0 Å². The van der Waals surface area contributed by atoms with Crippen LogP contribution in [-0.4, -0.2) is 6.16 Å². The number of hydrogen-bond donors (Lipinski definition) is 0. The van der Waals surface area contributed by atoms with Crippen LogP contribution in [-0.2, 0) is 0 Å². The first kappa shape index (κ1) is 18.2. The first-order valence-electron chi connectivity index (χ1n) is 9.90. The van der Waals surface area contributed by atoms with Gasteiger partial charge in [0.25, 0.3) is 0 Å². The highest BCUT2D eigenvalue weighted by Gasteiger charge is 2.17. The second kappa shape index (κ2) is 7.20. The predicted octanol–water partition coefficient (Wildman–Crippen LogP) is 7.34. The smallest absolute Gasteiger partial charge is 0.394 e. The van der Waals surface area contributed by atoms with Crippen LogP contribution in [0.15, 0.2) is 84.9 Å². The van der Waals surface area contributed by atoms with Crippen molar-refractivity contribution in [2.45, 2.75) is 13.8 Å². The van der Waals surface area contributed by atoms with Gasteiger partial charge in [-0.05, 0) is 47.7 Å². The summed E-state index contributed by atoms with van der Waals surface area (Å²) in [6, 6.07) is 27.7. The van der Waals surface area contributed by atoms with Crippen LogP contribution in [0.1, 0.15) is 11.1 Å². The molecule has 0 aliphatic rings. The van der Waals surface area contributed by atoms with Crippen molar-refractivity contribution in [1.82, 2.24) is 0 Å². The summed E-state index contributed by atoms with van der Waals surface area (Å²) < 4.78 is 11.5. The lowest BCUT2D eigenvalue weighted by atomic mass is 9.98. The molecule has 0 spiro atoms. The maximum atomic E-state index is 12.8. The van der Waals surface area contributed by atoms with Gasteiger partial charge in [0, 0.05) is 16.2 Å². The van der Waals surface area contributed by atoms with Gasteiger partial charge >= 0.3 is 6.16 Å². The molecule has 0 aliphatic heterocycles. The van der Waals surface area contributed by atoms with Crippen LogP contribution in [0.3, 0.4) is 0 Å². The highest BCUT2D eigenvalue weighted by molar-refractivity contribution is 6.07. The monoisotopic (exact) mass is 392 g/mol. The summed E-state index contributed by atoms with van der Waals surface area (Å²) in [5.41, 5.74) is 2.20. The molecule has 0 atom stereocenters. The lowest BCUT2D eigenvalue weighted by Gasteiger charge is -2.14. The van der Waals surface area contributed by atoms with Crippen LogP contribution < -0.4 is 9.47 Å². The van der Waals surface area contributed by atoms with Gasteiger partial charge in [0.15, 0.2) is 0 Å². The Morgan fingerprint density at radius 3 is 2.33 bits per heavy atom. The third-order valence-corrected chi connectivity index (χ3v) is 5.42. The van der Waals surface area contributed by atoms with Crippen molar-refractivity contribution in [2.75, 3.05) is 0 Å². The van der Waals surface area contributed by atoms with E-state index in [4.69, 9.17) is 9.47 Å². The minimum absolute atomic E-state index is 0.482. The van der Waals surface area contributed by atoms with E-state index in [-0.39, 0.29) is 0 Å². The molecule has 3 nitrogen and oxygen atoms in total. The summed E-state index contributed by atoms with van der Waals surface area (Å²) >= 11 is 0. The summed E-state index contributed by atoms with van der Waals surface area (Å²) in [5.74, 6) is 1.01. The largest absolute Gasteiger partial charge is 0.519 e. The Morgan fingerprint density at radius 1 is 0.667 bits per heavy atom. The SMILES string of the molecule is Cc1ccc2c(OC(=O)Oc3cccc4ccccc34)c3c(C)cccc3cc2c1. The molecule has 5 aromatic carbocycles. The molecule has 0 aliphatic carbocycles. The minimum Gasteiger partial charge on any atom is -0.394 e. The van der Waals surface area contributed by atoms with Crippen LogP contribution in [0.2, 0.25) is 0 Å². The standard InChI is InChI=1S/C27H20O3/c1-17-13-14-23-21(15-17)16-20-10-5-7-18(2)25(20)26(23)30-27(28)29-24-12-6-9-19-8-3-4-11-22(19)24/h3-16H,1-2H3. The van der Waals surface area contributed by atoms with Gasteiger partial charge < -0.3 is 9.47 Å². The lowest BCUT2D eigenvalue weighted by molar-refractivity contribution is 0.153. The fourth-order valence-corrected chi connectivity index (χ4v) is 4.02. The molecule has 0 heterocycles. The molecular weight excluding hydrogens is 372 g/mol. The van der Waals surface area contributed by atoms with E-state index in [1.807, 2.05) is 73.7 Å². The van der Waals surface area contributed by atoms with Gasteiger partial charge in [0.1, 0.15) is 11.5 Å². The van der Waals surface area contributed by atoms with Crippen molar-refractivity contribution in [3.05, 3.63) is 96.1 Å². The molecule has 0 unspecified atom stereocenters. The summed E-state index contributed by atoms with van der Waals surface area (Å²) in [6.07, 6.45) is -0.746. The molecule has 5 rings (SSSR count). The van der Waals surface area contributed by atoms with E-state index < -0.39 is 6.16 Å². The fraction of sp³-hybridized carbons (Fsp3) is 0.0741. The van der Waals surface area contributed by atoms with E-state index in [2.05, 4.69) is 19.1 Å². The Bertz CT molecular complexity index is 1430. The number of fused-ring (bicyclic) bond motifs is 3. The van der Waals surface area contributed by atoms with Crippen molar-refractivity contribution in [2.24, 2.45) is 0 Å². The highest BCUT2D eigenvalue weighted by Crippen LogP contribution is 2.37. The molecule has 0 fully saturated rings. The molecule has 30 heavy (non-hydrogen) atoms. The molecule has 3 heteroatoms. The molecule has 0 radical (unpaired) electrons. The van der Waals surface area contributed by atoms with Gasteiger partial charge in [-0.1, -0.05) is 78.4 Å². The van der Waals surface area contributed by atoms with Crippen molar-refractivity contribution in [1.29, 1.82) is 0 Å². The Kier molecular flexibility index (Phi) is 4.36. The Labute approximate surface area is 174 Å². The zero-order valence-corrected chi connectivity index (χ0v) is 16.8. The Morgan fingerprint density at radius 2 is 1.43 bits per heavy atom. The fourth-order valence-electron chi connectivity index (χ4n) is 4.02. The number of carbonyl (C=O) groups is 1. The van der Waals surface area contributed by atoms with E-state index in [0.29, 0.717) is 11.5 Å². The zero-order chi connectivity index (χ0) is 20.7. The van der Waals surface area contributed by atoms with E-state index in [9.17, 15) is 4.79 Å². The number of aryl methyl sites for hydroxylation is 2. The minimum atomic E-state index is -0.746. The van der Waals surface area contributed by atoms with Crippen LogP contribution in [0.25, 0.3) is 32.3 Å². The quantitative estimate of drug-likeness (QED) is 0.179. The third-order valence-electron chi connectivity index (χ3n) is 5.42. The van der Waals surface area contributed by atoms with E-state index in [1.54, 1.807) is 6.07 Å². The van der Waals surface area contributed by atoms with Crippen LogP contribution in [0.4, 0.5) is 4.79 Å². The van der Waals surface area contributed by atoms with E-state index in [0.717, 1.165) is 43.4 Å². The average Bonchev–Trinajstić information content (AvgIpc) is 2.73. The topological polar surface area (TPSA) is 35.5 Å². The normalized spacial score (nSPS) is 11.1. The summed E-state index contributed by atoms with van der Waals surface area (Å²) in [5, 5.41) is 5.74. The lowest BCUT2D eigenvalue weighted by Crippen LogP contribution is -2.14. The first-order valence-corrected chi connectivity index (χ1v) is 9.90.